The second-order valence-corrected chi connectivity index (χ2v) is 4.35. The number of aromatic nitrogens is 2. The van der Waals surface area contributed by atoms with Crippen LogP contribution in [0.25, 0.3) is 0 Å². The van der Waals surface area contributed by atoms with Gasteiger partial charge in [0.2, 0.25) is 6.33 Å². The normalized spacial score (nSPS) is 12.9. The molecular weight excluding hydrogens is 184 g/mol. The molecule has 1 aromatic heterocycles. The van der Waals surface area contributed by atoms with E-state index in [0.29, 0.717) is 6.04 Å². The number of imidazole rings is 1. The van der Waals surface area contributed by atoms with Gasteiger partial charge in [0, 0.05) is 0 Å². The van der Waals surface area contributed by atoms with Gasteiger partial charge in [-0.15, -0.1) is 0 Å². The first-order chi connectivity index (χ1) is 7.38. The fourth-order valence-electron chi connectivity index (χ4n) is 2.04. The molecule has 0 radical (unpaired) electrons. The highest BCUT2D eigenvalue weighted by molar-refractivity contribution is 4.61. The van der Waals surface area contributed by atoms with Gasteiger partial charge in [-0.1, -0.05) is 33.1 Å². The highest BCUT2D eigenvalue weighted by atomic mass is 15.0. The monoisotopic (exact) mass is 209 g/mol. The molecule has 0 saturated carbocycles. The van der Waals surface area contributed by atoms with Crippen LogP contribution in [0.2, 0.25) is 0 Å². The van der Waals surface area contributed by atoms with Crippen LogP contribution in [0.4, 0.5) is 0 Å². The van der Waals surface area contributed by atoms with E-state index >= 15 is 0 Å². The fourth-order valence-corrected chi connectivity index (χ4v) is 2.04. The molecule has 0 fully saturated rings. The second kappa shape index (κ2) is 7.49. The molecule has 2 nitrogen and oxygen atoms in total. The topological polar surface area (TPSA) is 19.7 Å². The minimum absolute atomic E-state index is 0.711. The molecule has 86 valence electrons. The largest absolute Gasteiger partial charge is 0.250 e. The Kier molecular flexibility index (Phi) is 6.14. The van der Waals surface area contributed by atoms with Crippen LogP contribution < -0.4 is 4.57 Å². The van der Waals surface area contributed by atoms with Crippen molar-refractivity contribution in [1.29, 1.82) is 0 Å². The lowest BCUT2D eigenvalue weighted by Crippen LogP contribution is -2.37. The highest BCUT2D eigenvalue weighted by Gasteiger charge is 2.13. The van der Waals surface area contributed by atoms with E-state index in [9.17, 15) is 0 Å². The molecule has 1 atom stereocenters. The van der Waals surface area contributed by atoms with E-state index in [1.165, 1.54) is 44.9 Å². The van der Waals surface area contributed by atoms with Gasteiger partial charge < -0.3 is 0 Å². The van der Waals surface area contributed by atoms with Gasteiger partial charge in [0.15, 0.2) is 0 Å². The Morgan fingerprint density at radius 2 is 1.80 bits per heavy atom. The number of nitrogens with one attached hydrogen (secondary N) is 1. The van der Waals surface area contributed by atoms with Crippen LogP contribution in [-0.4, -0.2) is 4.98 Å². The predicted molar refractivity (Wildman–Crippen MR) is 63.7 cm³/mol. The minimum Gasteiger partial charge on any atom is -0.250 e. The van der Waals surface area contributed by atoms with Crippen molar-refractivity contribution in [2.75, 3.05) is 0 Å². The molecule has 0 amide bonds. The Hall–Kier alpha value is -0.790. The zero-order valence-corrected chi connectivity index (χ0v) is 10.2. The first-order valence-corrected chi connectivity index (χ1v) is 6.42. The number of nitrogens with zero attached hydrogens (tertiary/aromatic N) is 1. The van der Waals surface area contributed by atoms with Crippen molar-refractivity contribution in [3.05, 3.63) is 18.7 Å². The lowest BCUT2D eigenvalue weighted by Gasteiger charge is -2.12. The second-order valence-electron chi connectivity index (χ2n) is 4.35. The van der Waals surface area contributed by atoms with Gasteiger partial charge in [-0.3, -0.25) is 4.98 Å². The standard InChI is InChI=1S/C13H24N2/c1-3-5-7-9-13(8-6-4-2)15-11-10-14-12-15/h10-13H,3-9H2,1-2H3/p+1. The van der Waals surface area contributed by atoms with Crippen LogP contribution >= 0.6 is 0 Å². The summed E-state index contributed by atoms with van der Waals surface area (Å²) < 4.78 is 2.34. The number of H-pyrrole nitrogens is 1. The van der Waals surface area contributed by atoms with E-state index in [1.54, 1.807) is 0 Å². The summed E-state index contributed by atoms with van der Waals surface area (Å²) in [4.78, 5) is 3.14. The van der Waals surface area contributed by atoms with Crippen LogP contribution in [0.15, 0.2) is 18.7 Å². The van der Waals surface area contributed by atoms with Crippen molar-refractivity contribution >= 4 is 0 Å². The molecule has 0 aliphatic carbocycles. The van der Waals surface area contributed by atoms with Gasteiger partial charge >= 0.3 is 0 Å². The summed E-state index contributed by atoms with van der Waals surface area (Å²) in [6.07, 6.45) is 15.6. The maximum absolute atomic E-state index is 3.14. The number of hydrogen-bond acceptors (Lipinski definition) is 0. The summed E-state index contributed by atoms with van der Waals surface area (Å²) in [5.74, 6) is 0. The van der Waals surface area contributed by atoms with E-state index < -0.39 is 0 Å². The van der Waals surface area contributed by atoms with E-state index in [2.05, 4.69) is 35.9 Å². The Labute approximate surface area is 93.7 Å². The van der Waals surface area contributed by atoms with Crippen LogP contribution in [0.1, 0.15) is 64.8 Å². The van der Waals surface area contributed by atoms with Crippen molar-refractivity contribution < 1.29 is 4.57 Å². The number of hydrogen-bond donors (Lipinski definition) is 1. The summed E-state index contributed by atoms with van der Waals surface area (Å²) in [6, 6.07) is 0.711. The van der Waals surface area contributed by atoms with Gasteiger partial charge in [-0.2, -0.15) is 0 Å². The molecule has 0 saturated heterocycles. The molecule has 0 aliphatic heterocycles. The van der Waals surface area contributed by atoms with Crippen molar-refractivity contribution in [2.24, 2.45) is 0 Å². The molecule has 0 bridgehead atoms. The molecule has 1 N–H and O–H groups in total. The maximum atomic E-state index is 3.14. The van der Waals surface area contributed by atoms with Crippen molar-refractivity contribution in [2.45, 2.75) is 64.8 Å². The number of unbranched alkanes of at least 4 members (excludes halogenated alkanes) is 3. The Balaban J connectivity index is 2.39. The molecule has 0 aliphatic rings. The molecule has 1 heterocycles. The predicted octanol–water partition coefficient (Wildman–Crippen LogP) is 3.61. The Morgan fingerprint density at radius 3 is 2.40 bits per heavy atom. The molecule has 1 aromatic rings. The lowest BCUT2D eigenvalue weighted by molar-refractivity contribution is -0.723. The quantitative estimate of drug-likeness (QED) is 0.498. The van der Waals surface area contributed by atoms with Gasteiger partial charge in [-0.05, 0) is 25.7 Å². The van der Waals surface area contributed by atoms with Crippen molar-refractivity contribution in [3.63, 3.8) is 0 Å². The van der Waals surface area contributed by atoms with Crippen LogP contribution in [-0.2, 0) is 0 Å². The smallest absolute Gasteiger partial charge is 0.241 e. The summed E-state index contributed by atoms with van der Waals surface area (Å²) in [7, 11) is 0. The molecule has 15 heavy (non-hydrogen) atoms. The average molecular weight is 209 g/mol. The molecule has 2 heteroatoms. The van der Waals surface area contributed by atoms with Gasteiger partial charge in [0.25, 0.3) is 0 Å². The SMILES string of the molecule is CCCCCC(CCCC)[n+]1cc[nH]c1. The highest BCUT2D eigenvalue weighted by Crippen LogP contribution is 2.16. The van der Waals surface area contributed by atoms with Crippen LogP contribution in [0, 0.1) is 0 Å². The molecular formula is C13H25N2+. The molecule has 0 spiro atoms. The third kappa shape index (κ3) is 4.50. The lowest BCUT2D eigenvalue weighted by atomic mass is 10.0. The summed E-state index contributed by atoms with van der Waals surface area (Å²) >= 11 is 0. The Bertz CT molecular complexity index is 229. The zero-order chi connectivity index (χ0) is 10.9. The Morgan fingerprint density at radius 1 is 1.07 bits per heavy atom. The molecule has 1 unspecified atom stereocenters. The summed E-state index contributed by atoms with van der Waals surface area (Å²) in [5.41, 5.74) is 0. The van der Waals surface area contributed by atoms with E-state index in [0.717, 1.165) is 0 Å². The fraction of sp³-hybridized carbons (Fsp3) is 0.769. The van der Waals surface area contributed by atoms with E-state index in [1.807, 2.05) is 6.20 Å². The first kappa shape index (κ1) is 12.3. The van der Waals surface area contributed by atoms with Crippen molar-refractivity contribution in [3.8, 4) is 0 Å². The van der Waals surface area contributed by atoms with E-state index in [4.69, 9.17) is 0 Å². The molecule has 0 aromatic carbocycles. The van der Waals surface area contributed by atoms with Crippen molar-refractivity contribution in [1.82, 2.24) is 4.98 Å². The van der Waals surface area contributed by atoms with Gasteiger partial charge in [0.1, 0.15) is 18.4 Å². The maximum Gasteiger partial charge on any atom is 0.241 e. The third-order valence-electron chi connectivity index (χ3n) is 3.02. The number of aromatic amines is 1. The first-order valence-electron chi connectivity index (χ1n) is 6.42. The third-order valence-corrected chi connectivity index (χ3v) is 3.02. The molecule has 1 rings (SSSR count). The average Bonchev–Trinajstić information content (AvgIpc) is 2.76. The number of rotatable bonds is 8. The summed E-state index contributed by atoms with van der Waals surface area (Å²) in [5, 5.41) is 0. The van der Waals surface area contributed by atoms with Gasteiger partial charge in [0.05, 0.1) is 0 Å². The zero-order valence-electron chi connectivity index (χ0n) is 10.2. The van der Waals surface area contributed by atoms with Crippen LogP contribution in [0.5, 0.6) is 0 Å². The van der Waals surface area contributed by atoms with Crippen LogP contribution in [0.3, 0.4) is 0 Å². The minimum atomic E-state index is 0.711. The van der Waals surface area contributed by atoms with E-state index in [-0.39, 0.29) is 0 Å². The van der Waals surface area contributed by atoms with Gasteiger partial charge in [-0.25, -0.2) is 4.57 Å². The summed E-state index contributed by atoms with van der Waals surface area (Å²) in [6.45, 7) is 4.54.